The number of nitrogens with zero attached hydrogens (tertiary/aromatic N) is 3. The number of nitrogens with two attached hydrogens (primary N) is 1. The molecule has 0 bridgehead atoms. The number of nitrogens with one attached hydrogen (secondary N) is 1. The number of thioether (sulfide) groups is 1. The summed E-state index contributed by atoms with van der Waals surface area (Å²) in [6.45, 7) is 2.09. The molecule has 2 rings (SSSR count). The van der Waals surface area contributed by atoms with Crippen LogP contribution < -0.4 is 11.2 Å². The smallest absolute Gasteiger partial charge is 0.352 e. The van der Waals surface area contributed by atoms with Gasteiger partial charge in [0.15, 0.2) is 0 Å². The molecule has 1 aromatic heterocycles. The van der Waals surface area contributed by atoms with E-state index in [9.17, 15) is 18.0 Å². The molecule has 6 nitrogen and oxygen atoms in total. The lowest BCUT2D eigenvalue weighted by Crippen LogP contribution is -2.41. The monoisotopic (exact) mass is 337 g/mol. The normalized spacial score (nSPS) is 22.5. The fourth-order valence-corrected chi connectivity index (χ4v) is 3.15. The number of alkyl halides is 3. The molecule has 2 unspecified atom stereocenters. The van der Waals surface area contributed by atoms with Gasteiger partial charge < -0.3 is 11.2 Å². The summed E-state index contributed by atoms with van der Waals surface area (Å²) in [4.78, 5) is 11.9. The van der Waals surface area contributed by atoms with Crippen LogP contribution in [0.1, 0.15) is 38.4 Å². The molecule has 1 amide bonds. The van der Waals surface area contributed by atoms with Crippen molar-refractivity contribution in [2.75, 3.05) is 11.6 Å². The van der Waals surface area contributed by atoms with Crippen molar-refractivity contribution in [3.8, 4) is 0 Å². The second kappa shape index (κ2) is 6.76. The molecule has 2 atom stereocenters. The largest absolute Gasteiger partial charge is 0.453 e. The summed E-state index contributed by atoms with van der Waals surface area (Å²) in [5.41, 5.74) is 0. The Hall–Kier alpha value is -1.45. The van der Waals surface area contributed by atoms with E-state index in [0.29, 0.717) is 10.6 Å². The van der Waals surface area contributed by atoms with Gasteiger partial charge in [-0.1, -0.05) is 31.5 Å². The van der Waals surface area contributed by atoms with Crippen molar-refractivity contribution >= 4 is 17.7 Å². The molecule has 1 saturated carbocycles. The first-order valence-corrected chi connectivity index (χ1v) is 7.97. The summed E-state index contributed by atoms with van der Waals surface area (Å²) >= 11 is 0.834. The number of rotatable bonds is 4. The lowest BCUT2D eigenvalue weighted by molar-refractivity contribution is -0.146. The third-order valence-corrected chi connectivity index (χ3v) is 4.65. The average Bonchev–Trinajstić information content (AvgIpc) is 2.80. The van der Waals surface area contributed by atoms with Gasteiger partial charge in [-0.3, -0.25) is 4.79 Å². The van der Waals surface area contributed by atoms with Crippen LogP contribution in [0.3, 0.4) is 0 Å². The van der Waals surface area contributed by atoms with Gasteiger partial charge in [0.25, 0.3) is 5.82 Å². The molecule has 0 aromatic carbocycles. The van der Waals surface area contributed by atoms with Crippen molar-refractivity contribution in [3.05, 3.63) is 5.82 Å². The SMILES string of the molecule is CC1CCCCC1NC(=O)CSc1nnc(C(F)(F)F)n1N. The summed E-state index contributed by atoms with van der Waals surface area (Å²) in [5.74, 6) is 4.15. The first-order chi connectivity index (χ1) is 10.3. The molecule has 1 heterocycles. The third-order valence-electron chi connectivity index (χ3n) is 3.71. The topological polar surface area (TPSA) is 85.8 Å². The van der Waals surface area contributed by atoms with Gasteiger partial charge in [0, 0.05) is 6.04 Å². The Bertz CT molecular complexity index is 533. The van der Waals surface area contributed by atoms with Crippen LogP contribution >= 0.6 is 11.8 Å². The van der Waals surface area contributed by atoms with E-state index in [0.717, 1.165) is 31.0 Å². The van der Waals surface area contributed by atoms with Crippen LogP contribution in [0.4, 0.5) is 13.2 Å². The van der Waals surface area contributed by atoms with E-state index < -0.39 is 12.0 Å². The zero-order valence-electron chi connectivity index (χ0n) is 12.1. The summed E-state index contributed by atoms with van der Waals surface area (Å²) in [6, 6.07) is 0.128. The van der Waals surface area contributed by atoms with Crippen LogP contribution in [0.5, 0.6) is 0 Å². The minimum Gasteiger partial charge on any atom is -0.352 e. The minimum atomic E-state index is -4.67. The summed E-state index contributed by atoms with van der Waals surface area (Å²) in [6.07, 6.45) is -0.416. The highest BCUT2D eigenvalue weighted by molar-refractivity contribution is 7.99. The lowest BCUT2D eigenvalue weighted by Gasteiger charge is -2.29. The van der Waals surface area contributed by atoms with Crippen LogP contribution in [-0.2, 0) is 11.0 Å². The molecule has 0 saturated heterocycles. The van der Waals surface area contributed by atoms with Crippen molar-refractivity contribution in [2.45, 2.75) is 50.0 Å². The maximum atomic E-state index is 12.5. The van der Waals surface area contributed by atoms with E-state index in [-0.39, 0.29) is 22.9 Å². The molecule has 10 heteroatoms. The fraction of sp³-hybridized carbons (Fsp3) is 0.750. The molecule has 1 aromatic rings. The summed E-state index contributed by atoms with van der Waals surface area (Å²) < 4.78 is 37.9. The van der Waals surface area contributed by atoms with Gasteiger partial charge >= 0.3 is 6.18 Å². The van der Waals surface area contributed by atoms with Crippen LogP contribution in [0.15, 0.2) is 5.16 Å². The highest BCUT2D eigenvalue weighted by Gasteiger charge is 2.38. The average molecular weight is 337 g/mol. The molecule has 124 valence electrons. The first-order valence-electron chi connectivity index (χ1n) is 6.99. The molecule has 0 radical (unpaired) electrons. The Morgan fingerprint density at radius 2 is 2.09 bits per heavy atom. The molecule has 22 heavy (non-hydrogen) atoms. The van der Waals surface area contributed by atoms with Crippen LogP contribution in [0.2, 0.25) is 0 Å². The van der Waals surface area contributed by atoms with Gasteiger partial charge in [0.1, 0.15) is 0 Å². The van der Waals surface area contributed by atoms with E-state index in [4.69, 9.17) is 5.84 Å². The first kappa shape index (κ1) is 16.9. The number of nitrogen functional groups attached to an aromatic ring is 1. The molecule has 1 aliphatic carbocycles. The van der Waals surface area contributed by atoms with Gasteiger partial charge in [-0.2, -0.15) is 13.2 Å². The second-order valence-electron chi connectivity index (χ2n) is 5.40. The van der Waals surface area contributed by atoms with Gasteiger partial charge in [-0.25, -0.2) is 4.68 Å². The number of carbonyl (C=O) groups is 1. The summed E-state index contributed by atoms with van der Waals surface area (Å²) in [7, 11) is 0. The predicted molar refractivity (Wildman–Crippen MR) is 75.5 cm³/mol. The fourth-order valence-electron chi connectivity index (χ4n) is 2.48. The lowest BCUT2D eigenvalue weighted by atomic mass is 9.86. The maximum Gasteiger partial charge on any atom is 0.453 e. The zero-order chi connectivity index (χ0) is 16.3. The van der Waals surface area contributed by atoms with E-state index in [1.54, 1.807) is 0 Å². The molecular formula is C12H18F3N5OS. The number of carbonyl (C=O) groups excluding carboxylic acids is 1. The number of halogens is 3. The Morgan fingerprint density at radius 1 is 1.41 bits per heavy atom. The standard InChI is InChI=1S/C12H18F3N5OS/c1-7-4-2-3-5-8(7)17-9(21)6-22-11-19-18-10(20(11)16)12(13,14)15/h7-8H,2-6,16H2,1H3,(H,17,21). The number of amides is 1. The molecule has 0 aliphatic heterocycles. The highest BCUT2D eigenvalue weighted by atomic mass is 32.2. The number of hydrogen-bond acceptors (Lipinski definition) is 5. The van der Waals surface area contributed by atoms with Crippen molar-refractivity contribution < 1.29 is 18.0 Å². The van der Waals surface area contributed by atoms with E-state index >= 15 is 0 Å². The Morgan fingerprint density at radius 3 is 2.68 bits per heavy atom. The van der Waals surface area contributed by atoms with Crippen molar-refractivity contribution in [3.63, 3.8) is 0 Å². The Labute approximate surface area is 130 Å². The van der Waals surface area contributed by atoms with Gasteiger partial charge in [-0.15, -0.1) is 10.2 Å². The van der Waals surface area contributed by atoms with Gasteiger partial charge in [-0.05, 0) is 18.8 Å². The van der Waals surface area contributed by atoms with Gasteiger partial charge in [0.05, 0.1) is 5.75 Å². The summed E-state index contributed by atoms with van der Waals surface area (Å²) in [5, 5.41) is 9.15. The van der Waals surface area contributed by atoms with Crippen LogP contribution in [0.25, 0.3) is 0 Å². The van der Waals surface area contributed by atoms with Crippen molar-refractivity contribution in [2.24, 2.45) is 5.92 Å². The molecule has 1 fully saturated rings. The number of aromatic nitrogens is 3. The van der Waals surface area contributed by atoms with Crippen molar-refractivity contribution in [1.29, 1.82) is 0 Å². The molecule has 3 N–H and O–H groups in total. The van der Waals surface area contributed by atoms with E-state index in [1.165, 1.54) is 6.42 Å². The predicted octanol–water partition coefficient (Wildman–Crippen LogP) is 1.80. The second-order valence-corrected chi connectivity index (χ2v) is 6.34. The van der Waals surface area contributed by atoms with Crippen LogP contribution in [-0.4, -0.2) is 32.6 Å². The minimum absolute atomic E-state index is 0.0452. The molecule has 1 aliphatic rings. The zero-order valence-corrected chi connectivity index (χ0v) is 12.9. The Kier molecular flexibility index (Phi) is 5.20. The van der Waals surface area contributed by atoms with Crippen molar-refractivity contribution in [1.82, 2.24) is 20.2 Å². The number of hydrogen-bond donors (Lipinski definition) is 2. The maximum absolute atomic E-state index is 12.5. The molecular weight excluding hydrogens is 319 g/mol. The molecule has 0 spiro atoms. The third kappa shape index (κ3) is 4.05. The van der Waals surface area contributed by atoms with E-state index in [1.807, 2.05) is 0 Å². The Balaban J connectivity index is 1.87. The van der Waals surface area contributed by atoms with Crippen LogP contribution in [0, 0.1) is 5.92 Å². The highest BCUT2D eigenvalue weighted by Crippen LogP contribution is 2.29. The van der Waals surface area contributed by atoms with Gasteiger partial charge in [0.2, 0.25) is 11.1 Å². The van der Waals surface area contributed by atoms with E-state index in [2.05, 4.69) is 22.4 Å². The quantitative estimate of drug-likeness (QED) is 0.646.